The highest BCUT2D eigenvalue weighted by Gasteiger charge is 2.23. The van der Waals surface area contributed by atoms with Crippen LogP contribution in [0.4, 0.5) is 4.79 Å². The molecular weight excluding hydrogens is 276 g/mol. The van der Waals surface area contributed by atoms with Gasteiger partial charge < -0.3 is 20.8 Å². The topological polar surface area (TPSA) is 133 Å². The molecule has 0 aromatic rings. The summed E-state index contributed by atoms with van der Waals surface area (Å²) in [6.07, 6.45) is 1.32. The van der Waals surface area contributed by atoms with Gasteiger partial charge in [-0.3, -0.25) is 9.00 Å². The van der Waals surface area contributed by atoms with Crippen molar-refractivity contribution in [2.75, 3.05) is 12.0 Å². The molecule has 0 aromatic heterocycles. The molecule has 110 valence electrons. The van der Waals surface area contributed by atoms with E-state index in [2.05, 4.69) is 10.6 Å². The molecule has 0 rings (SSSR count). The molecule has 0 saturated heterocycles. The maximum atomic E-state index is 11.4. The number of carbonyl (C=O) groups is 3. The van der Waals surface area contributed by atoms with Crippen molar-refractivity contribution in [2.24, 2.45) is 0 Å². The molecule has 2 amide bonds. The molecule has 0 bridgehead atoms. The van der Waals surface area contributed by atoms with Crippen molar-refractivity contribution in [3.63, 3.8) is 0 Å². The Morgan fingerprint density at radius 1 is 1.21 bits per heavy atom. The summed E-state index contributed by atoms with van der Waals surface area (Å²) in [6.45, 7) is 1.68. The van der Waals surface area contributed by atoms with Crippen molar-refractivity contribution < 1.29 is 28.8 Å². The molecule has 0 heterocycles. The molecule has 3 atom stereocenters. The molecule has 9 heteroatoms. The number of carbonyl (C=O) groups excluding carboxylic acids is 1. The van der Waals surface area contributed by atoms with Gasteiger partial charge in [0.15, 0.2) is 0 Å². The van der Waals surface area contributed by atoms with Crippen LogP contribution in [0.3, 0.4) is 0 Å². The molecule has 0 aliphatic carbocycles. The Balaban J connectivity index is 4.22. The van der Waals surface area contributed by atoms with E-state index in [0.717, 1.165) is 0 Å². The predicted molar refractivity (Wildman–Crippen MR) is 68.4 cm³/mol. The summed E-state index contributed by atoms with van der Waals surface area (Å²) in [4.78, 5) is 32.6. The Morgan fingerprint density at radius 2 is 1.79 bits per heavy atom. The third-order valence-corrected chi connectivity index (χ3v) is 3.01. The SMILES string of the molecule is CC(CCS(C)=O)NC(=O)NC(CC(=O)O)C(=O)O. The average Bonchev–Trinajstić information content (AvgIpc) is 2.24. The van der Waals surface area contributed by atoms with Crippen LogP contribution in [0.2, 0.25) is 0 Å². The summed E-state index contributed by atoms with van der Waals surface area (Å²) in [7, 11) is -0.970. The lowest BCUT2D eigenvalue weighted by Gasteiger charge is -2.17. The minimum atomic E-state index is -1.48. The molecule has 19 heavy (non-hydrogen) atoms. The second kappa shape index (κ2) is 8.46. The first kappa shape index (κ1) is 17.4. The second-order valence-electron chi connectivity index (χ2n) is 4.07. The summed E-state index contributed by atoms with van der Waals surface area (Å²) in [6, 6.07) is -2.53. The lowest BCUT2D eigenvalue weighted by molar-refractivity contribution is -0.145. The Kier molecular flexibility index (Phi) is 7.73. The van der Waals surface area contributed by atoms with Crippen molar-refractivity contribution in [3.05, 3.63) is 0 Å². The highest BCUT2D eigenvalue weighted by atomic mass is 32.2. The van der Waals surface area contributed by atoms with Gasteiger partial charge in [0.25, 0.3) is 0 Å². The van der Waals surface area contributed by atoms with Crippen LogP contribution in [0, 0.1) is 0 Å². The number of aliphatic carboxylic acids is 2. The highest BCUT2D eigenvalue weighted by molar-refractivity contribution is 7.84. The molecule has 8 nitrogen and oxygen atoms in total. The van der Waals surface area contributed by atoms with Crippen LogP contribution in [-0.2, 0) is 20.4 Å². The molecule has 4 N–H and O–H groups in total. The lowest BCUT2D eigenvalue weighted by Crippen LogP contribution is -2.49. The normalized spacial score (nSPS) is 15.1. The van der Waals surface area contributed by atoms with Gasteiger partial charge in [-0.15, -0.1) is 0 Å². The van der Waals surface area contributed by atoms with Crippen LogP contribution in [0.15, 0.2) is 0 Å². The minimum Gasteiger partial charge on any atom is -0.481 e. The predicted octanol–water partition coefficient (Wildman–Crippen LogP) is -0.629. The van der Waals surface area contributed by atoms with Gasteiger partial charge in [0, 0.05) is 28.9 Å². The first-order valence-electron chi connectivity index (χ1n) is 5.54. The van der Waals surface area contributed by atoms with Gasteiger partial charge in [-0.1, -0.05) is 0 Å². The zero-order chi connectivity index (χ0) is 15.0. The van der Waals surface area contributed by atoms with E-state index in [4.69, 9.17) is 10.2 Å². The summed E-state index contributed by atoms with van der Waals surface area (Å²) in [5.41, 5.74) is 0. The first-order chi connectivity index (χ1) is 8.72. The number of urea groups is 1. The van der Waals surface area contributed by atoms with Gasteiger partial charge in [0.1, 0.15) is 6.04 Å². The summed E-state index contributed by atoms with van der Waals surface area (Å²) >= 11 is 0. The van der Waals surface area contributed by atoms with Crippen LogP contribution in [-0.4, -0.2) is 56.5 Å². The number of hydrogen-bond donors (Lipinski definition) is 4. The van der Waals surface area contributed by atoms with Gasteiger partial charge in [0.2, 0.25) is 0 Å². The maximum absolute atomic E-state index is 11.4. The van der Waals surface area contributed by atoms with E-state index < -0.39 is 41.2 Å². The van der Waals surface area contributed by atoms with Gasteiger partial charge in [-0.25, -0.2) is 9.59 Å². The van der Waals surface area contributed by atoms with Gasteiger partial charge >= 0.3 is 18.0 Å². The third-order valence-electron chi connectivity index (χ3n) is 2.20. The molecule has 0 aliphatic heterocycles. The van der Waals surface area contributed by atoms with Crippen LogP contribution < -0.4 is 10.6 Å². The summed E-state index contributed by atoms with van der Waals surface area (Å²) in [5, 5.41) is 21.8. The number of rotatable bonds is 8. The van der Waals surface area contributed by atoms with Gasteiger partial charge in [-0.2, -0.15) is 0 Å². The van der Waals surface area contributed by atoms with Crippen LogP contribution in [0.5, 0.6) is 0 Å². The van der Waals surface area contributed by atoms with E-state index in [1.165, 1.54) is 0 Å². The molecule has 0 saturated carbocycles. The monoisotopic (exact) mass is 294 g/mol. The summed E-state index contributed by atoms with van der Waals surface area (Å²) < 4.78 is 10.9. The summed E-state index contributed by atoms with van der Waals surface area (Å²) in [5.74, 6) is -2.32. The number of carboxylic acids is 2. The van der Waals surface area contributed by atoms with Crippen molar-refractivity contribution >= 4 is 28.8 Å². The fourth-order valence-corrected chi connectivity index (χ4v) is 1.90. The van der Waals surface area contributed by atoms with E-state index in [9.17, 15) is 18.6 Å². The highest BCUT2D eigenvalue weighted by Crippen LogP contribution is 1.95. The zero-order valence-electron chi connectivity index (χ0n) is 10.7. The Bertz CT molecular complexity index is 373. The van der Waals surface area contributed by atoms with Crippen LogP contribution in [0.1, 0.15) is 19.8 Å². The Hall–Kier alpha value is -1.64. The van der Waals surface area contributed by atoms with Crippen molar-refractivity contribution in [3.8, 4) is 0 Å². The maximum Gasteiger partial charge on any atom is 0.326 e. The molecule has 0 aliphatic rings. The van der Waals surface area contributed by atoms with E-state index in [0.29, 0.717) is 12.2 Å². The number of carboxylic acid groups (broad SMARTS) is 2. The molecule has 0 fully saturated rings. The Labute approximate surface area is 113 Å². The van der Waals surface area contributed by atoms with Gasteiger partial charge in [0.05, 0.1) is 6.42 Å². The van der Waals surface area contributed by atoms with E-state index in [-0.39, 0.29) is 6.04 Å². The van der Waals surface area contributed by atoms with E-state index in [1.54, 1.807) is 13.2 Å². The zero-order valence-corrected chi connectivity index (χ0v) is 11.5. The third kappa shape index (κ3) is 9.00. The quantitative estimate of drug-likeness (QED) is 0.471. The molecule has 0 aromatic carbocycles. The number of hydrogen-bond acceptors (Lipinski definition) is 4. The smallest absolute Gasteiger partial charge is 0.326 e. The molecule has 0 spiro atoms. The standard InChI is InChI=1S/C10H18N2O6S/c1-6(3-4-19(2)18)11-10(17)12-7(9(15)16)5-8(13)14/h6-7H,3-5H2,1-2H3,(H,13,14)(H,15,16)(H2,11,12,17). The molecular formula is C10H18N2O6S. The molecule has 0 radical (unpaired) electrons. The number of nitrogens with one attached hydrogen (secondary N) is 2. The fourth-order valence-electron chi connectivity index (χ4n) is 1.21. The van der Waals surface area contributed by atoms with Crippen molar-refractivity contribution in [1.29, 1.82) is 0 Å². The van der Waals surface area contributed by atoms with E-state index in [1.807, 2.05) is 0 Å². The largest absolute Gasteiger partial charge is 0.481 e. The van der Waals surface area contributed by atoms with Gasteiger partial charge in [-0.05, 0) is 13.3 Å². The number of amides is 2. The van der Waals surface area contributed by atoms with Crippen molar-refractivity contribution in [2.45, 2.75) is 31.8 Å². The fraction of sp³-hybridized carbons (Fsp3) is 0.700. The average molecular weight is 294 g/mol. The minimum absolute atomic E-state index is 0.289. The van der Waals surface area contributed by atoms with Crippen molar-refractivity contribution in [1.82, 2.24) is 10.6 Å². The first-order valence-corrected chi connectivity index (χ1v) is 7.26. The lowest BCUT2D eigenvalue weighted by atomic mass is 10.2. The Morgan fingerprint density at radius 3 is 2.21 bits per heavy atom. The van der Waals surface area contributed by atoms with Crippen LogP contribution >= 0.6 is 0 Å². The van der Waals surface area contributed by atoms with Crippen LogP contribution in [0.25, 0.3) is 0 Å². The molecule has 3 unspecified atom stereocenters. The van der Waals surface area contributed by atoms with E-state index >= 15 is 0 Å². The second-order valence-corrected chi connectivity index (χ2v) is 5.63.